The van der Waals surface area contributed by atoms with E-state index in [1.807, 2.05) is 6.92 Å². The molecule has 1 aliphatic carbocycles. The molecule has 2 unspecified atom stereocenters. The number of rotatable bonds is 2. The largest absolute Gasteiger partial charge is 0.481 e. The molecule has 5 nitrogen and oxygen atoms in total. The second-order valence-corrected chi connectivity index (χ2v) is 6.38. The number of nitrogens with one attached hydrogen (secondary N) is 1. The molecule has 108 valence electrons. The molecule has 0 spiro atoms. The number of carbonyl (C=O) groups is 2. The zero-order chi connectivity index (χ0) is 14.0. The summed E-state index contributed by atoms with van der Waals surface area (Å²) < 4.78 is 0. The van der Waals surface area contributed by atoms with Gasteiger partial charge in [-0.05, 0) is 25.7 Å². The van der Waals surface area contributed by atoms with Gasteiger partial charge in [-0.1, -0.05) is 26.2 Å². The zero-order valence-corrected chi connectivity index (χ0v) is 11.8. The molecule has 1 aliphatic heterocycles. The Labute approximate surface area is 114 Å². The van der Waals surface area contributed by atoms with Crippen LogP contribution in [0.4, 0.5) is 4.79 Å². The van der Waals surface area contributed by atoms with Crippen LogP contribution in [-0.2, 0) is 4.79 Å². The van der Waals surface area contributed by atoms with Gasteiger partial charge in [0.05, 0.1) is 5.92 Å². The highest BCUT2D eigenvalue weighted by atomic mass is 16.4. The first-order chi connectivity index (χ1) is 8.91. The molecule has 0 radical (unpaired) electrons. The number of carbonyl (C=O) groups excluding carboxylic acids is 1. The number of nitrogens with zero attached hydrogens (tertiary/aromatic N) is 1. The average molecular weight is 268 g/mol. The molecule has 2 amide bonds. The molecule has 2 fully saturated rings. The van der Waals surface area contributed by atoms with E-state index < -0.39 is 11.9 Å². The van der Waals surface area contributed by atoms with E-state index in [-0.39, 0.29) is 17.5 Å². The van der Waals surface area contributed by atoms with Crippen molar-refractivity contribution in [3.8, 4) is 0 Å². The first kappa shape index (κ1) is 14.2. The molecule has 2 N–H and O–H groups in total. The predicted octanol–water partition coefficient (Wildman–Crippen LogP) is 2.07. The van der Waals surface area contributed by atoms with Gasteiger partial charge in [-0.2, -0.15) is 0 Å². The summed E-state index contributed by atoms with van der Waals surface area (Å²) in [4.78, 5) is 25.0. The van der Waals surface area contributed by atoms with Crippen LogP contribution >= 0.6 is 0 Å². The van der Waals surface area contributed by atoms with Gasteiger partial charge in [0, 0.05) is 18.6 Å². The molecule has 0 aromatic rings. The van der Waals surface area contributed by atoms with Crippen LogP contribution in [0.1, 0.15) is 46.0 Å². The van der Waals surface area contributed by atoms with Gasteiger partial charge in [-0.15, -0.1) is 0 Å². The fourth-order valence-electron chi connectivity index (χ4n) is 3.25. The molecule has 2 atom stereocenters. The van der Waals surface area contributed by atoms with Crippen molar-refractivity contribution in [3.05, 3.63) is 0 Å². The van der Waals surface area contributed by atoms with E-state index >= 15 is 0 Å². The molecule has 0 aromatic heterocycles. The van der Waals surface area contributed by atoms with Gasteiger partial charge in [0.2, 0.25) is 0 Å². The number of aliphatic carboxylic acids is 1. The van der Waals surface area contributed by atoms with E-state index in [9.17, 15) is 9.59 Å². The lowest BCUT2D eigenvalue weighted by Crippen LogP contribution is -2.52. The Morgan fingerprint density at radius 1 is 1.21 bits per heavy atom. The van der Waals surface area contributed by atoms with E-state index in [0.717, 1.165) is 25.7 Å². The normalized spacial score (nSPS) is 30.1. The Kier molecular flexibility index (Phi) is 4.02. The first-order valence-electron chi connectivity index (χ1n) is 7.21. The maximum atomic E-state index is 12.3. The Morgan fingerprint density at radius 2 is 1.84 bits per heavy atom. The van der Waals surface area contributed by atoms with Crippen molar-refractivity contribution in [1.82, 2.24) is 10.2 Å². The molecular formula is C14H24N2O3. The topological polar surface area (TPSA) is 69.6 Å². The molecule has 1 saturated heterocycles. The van der Waals surface area contributed by atoms with Crippen LogP contribution < -0.4 is 5.32 Å². The third-order valence-electron chi connectivity index (χ3n) is 4.58. The SMILES string of the molecule is CC1CN(C(=O)NC2(C)CCCCC2)CC1C(=O)O. The lowest BCUT2D eigenvalue weighted by molar-refractivity contribution is -0.142. The van der Waals surface area contributed by atoms with E-state index in [1.165, 1.54) is 6.42 Å². The van der Waals surface area contributed by atoms with Crippen LogP contribution in [0.15, 0.2) is 0 Å². The number of carboxylic acid groups (broad SMARTS) is 1. The van der Waals surface area contributed by atoms with Crippen molar-refractivity contribution in [3.63, 3.8) is 0 Å². The molecular weight excluding hydrogens is 244 g/mol. The summed E-state index contributed by atoms with van der Waals surface area (Å²) in [6.07, 6.45) is 5.60. The highest BCUT2D eigenvalue weighted by molar-refractivity contribution is 5.78. The molecule has 0 bridgehead atoms. The zero-order valence-electron chi connectivity index (χ0n) is 11.8. The Hall–Kier alpha value is -1.26. The first-order valence-corrected chi connectivity index (χ1v) is 7.21. The average Bonchev–Trinajstić information content (AvgIpc) is 2.72. The minimum Gasteiger partial charge on any atom is -0.481 e. The van der Waals surface area contributed by atoms with Crippen molar-refractivity contribution in [2.75, 3.05) is 13.1 Å². The lowest BCUT2D eigenvalue weighted by atomic mass is 9.83. The molecule has 19 heavy (non-hydrogen) atoms. The Morgan fingerprint density at radius 3 is 2.37 bits per heavy atom. The molecule has 2 rings (SSSR count). The van der Waals surface area contributed by atoms with Gasteiger partial charge in [-0.25, -0.2) is 4.79 Å². The Balaban J connectivity index is 1.92. The van der Waals surface area contributed by atoms with Crippen LogP contribution in [0, 0.1) is 11.8 Å². The monoisotopic (exact) mass is 268 g/mol. The number of hydrogen-bond acceptors (Lipinski definition) is 2. The molecule has 5 heteroatoms. The van der Waals surface area contributed by atoms with E-state index in [4.69, 9.17) is 5.11 Å². The fraction of sp³-hybridized carbons (Fsp3) is 0.857. The standard InChI is InChI=1S/C14H24N2O3/c1-10-8-16(9-11(10)12(17)18)13(19)15-14(2)6-4-3-5-7-14/h10-11H,3-9H2,1-2H3,(H,15,19)(H,17,18). The minimum atomic E-state index is -0.799. The smallest absolute Gasteiger partial charge is 0.317 e. The van der Waals surface area contributed by atoms with Gasteiger partial charge < -0.3 is 15.3 Å². The van der Waals surface area contributed by atoms with Crippen molar-refractivity contribution in [2.24, 2.45) is 11.8 Å². The minimum absolute atomic E-state index is 0.0300. The van der Waals surface area contributed by atoms with Gasteiger partial charge >= 0.3 is 12.0 Å². The lowest BCUT2D eigenvalue weighted by Gasteiger charge is -2.36. The van der Waals surface area contributed by atoms with Crippen molar-refractivity contribution < 1.29 is 14.7 Å². The van der Waals surface area contributed by atoms with Gasteiger partial charge in [0.15, 0.2) is 0 Å². The van der Waals surface area contributed by atoms with Crippen molar-refractivity contribution >= 4 is 12.0 Å². The van der Waals surface area contributed by atoms with Crippen LogP contribution in [0.5, 0.6) is 0 Å². The fourth-order valence-corrected chi connectivity index (χ4v) is 3.25. The quantitative estimate of drug-likeness (QED) is 0.805. The number of likely N-dealkylation sites (tertiary alicyclic amines) is 1. The van der Waals surface area contributed by atoms with Gasteiger partial charge in [0.1, 0.15) is 0 Å². The van der Waals surface area contributed by atoms with Crippen molar-refractivity contribution in [1.29, 1.82) is 0 Å². The third kappa shape index (κ3) is 3.19. The highest BCUT2D eigenvalue weighted by Crippen LogP contribution is 2.29. The number of carboxylic acids is 1. The van der Waals surface area contributed by atoms with Crippen LogP contribution in [-0.4, -0.2) is 40.6 Å². The summed E-state index contributed by atoms with van der Waals surface area (Å²) in [6, 6.07) is -0.0972. The summed E-state index contributed by atoms with van der Waals surface area (Å²) in [7, 11) is 0. The van der Waals surface area contributed by atoms with Crippen LogP contribution in [0.2, 0.25) is 0 Å². The van der Waals surface area contributed by atoms with Crippen molar-refractivity contribution in [2.45, 2.75) is 51.5 Å². The Bertz CT molecular complexity index is 364. The summed E-state index contributed by atoms with van der Waals surface area (Å²) in [5.41, 5.74) is -0.111. The molecule has 1 saturated carbocycles. The number of hydrogen-bond donors (Lipinski definition) is 2. The summed E-state index contributed by atoms with van der Waals surface area (Å²) >= 11 is 0. The van der Waals surface area contributed by atoms with E-state index in [1.54, 1.807) is 4.90 Å². The molecule has 2 aliphatic rings. The maximum Gasteiger partial charge on any atom is 0.317 e. The highest BCUT2D eigenvalue weighted by Gasteiger charge is 2.38. The summed E-state index contributed by atoms with van der Waals surface area (Å²) in [5, 5.41) is 12.2. The van der Waals surface area contributed by atoms with E-state index in [0.29, 0.717) is 13.1 Å². The second kappa shape index (κ2) is 5.39. The van der Waals surface area contributed by atoms with Crippen LogP contribution in [0.25, 0.3) is 0 Å². The summed E-state index contributed by atoms with van der Waals surface area (Å²) in [5.74, 6) is -1.20. The number of amides is 2. The van der Waals surface area contributed by atoms with Gasteiger partial charge in [-0.3, -0.25) is 4.79 Å². The molecule has 0 aromatic carbocycles. The van der Waals surface area contributed by atoms with E-state index in [2.05, 4.69) is 12.2 Å². The third-order valence-corrected chi connectivity index (χ3v) is 4.58. The second-order valence-electron chi connectivity index (χ2n) is 6.38. The maximum absolute atomic E-state index is 12.3. The predicted molar refractivity (Wildman–Crippen MR) is 71.9 cm³/mol. The molecule has 1 heterocycles. The summed E-state index contributed by atoms with van der Waals surface area (Å²) in [6.45, 7) is 4.87. The van der Waals surface area contributed by atoms with Crippen LogP contribution in [0.3, 0.4) is 0 Å². The van der Waals surface area contributed by atoms with Gasteiger partial charge in [0.25, 0.3) is 0 Å². The number of urea groups is 1.